The molecule has 0 bridgehead atoms. The van der Waals surface area contributed by atoms with Gasteiger partial charge in [-0.15, -0.1) is 0 Å². The lowest BCUT2D eigenvalue weighted by Gasteiger charge is -2.12. The molecule has 0 aliphatic heterocycles. The maximum atomic E-state index is 6.39. The van der Waals surface area contributed by atoms with E-state index in [1.165, 1.54) is 0 Å². The highest BCUT2D eigenvalue weighted by Gasteiger charge is 2.19. The van der Waals surface area contributed by atoms with Crippen LogP contribution in [0.1, 0.15) is 0 Å². The molecular formula is C39H25N3O. The Bertz CT molecular complexity index is 2170. The quantitative estimate of drug-likeness (QED) is 0.214. The Hall–Kier alpha value is -5.87. The van der Waals surface area contributed by atoms with Gasteiger partial charge in [-0.3, -0.25) is 0 Å². The Kier molecular flexibility index (Phi) is 6.08. The highest BCUT2D eigenvalue weighted by atomic mass is 16.3. The second kappa shape index (κ2) is 10.5. The van der Waals surface area contributed by atoms with Crippen LogP contribution in [0.25, 0.3) is 78.4 Å². The summed E-state index contributed by atoms with van der Waals surface area (Å²) in [6.07, 6.45) is 0. The molecule has 0 spiro atoms. The number of furan rings is 1. The number of hydrogen-bond donors (Lipinski definition) is 0. The largest absolute Gasteiger partial charge is 0.452 e. The number of nitrogens with zero attached hydrogens (tertiary/aromatic N) is 3. The Morgan fingerprint density at radius 2 is 0.977 bits per heavy atom. The highest BCUT2D eigenvalue weighted by Crippen LogP contribution is 2.37. The zero-order valence-electron chi connectivity index (χ0n) is 23.2. The fourth-order valence-corrected chi connectivity index (χ4v) is 5.56. The molecule has 0 aliphatic carbocycles. The van der Waals surface area contributed by atoms with Gasteiger partial charge in [-0.05, 0) is 41.5 Å². The molecule has 4 heteroatoms. The van der Waals surface area contributed by atoms with E-state index in [1.807, 2.05) is 78.9 Å². The van der Waals surface area contributed by atoms with Crippen molar-refractivity contribution in [2.75, 3.05) is 0 Å². The first-order valence-electron chi connectivity index (χ1n) is 14.3. The summed E-state index contributed by atoms with van der Waals surface area (Å²) in [4.78, 5) is 15.2. The van der Waals surface area contributed by atoms with E-state index in [2.05, 4.69) is 72.8 Å². The second-order valence-electron chi connectivity index (χ2n) is 10.5. The summed E-state index contributed by atoms with van der Waals surface area (Å²) in [6, 6.07) is 51.6. The average Bonchev–Trinajstić information content (AvgIpc) is 3.48. The van der Waals surface area contributed by atoms with Crippen molar-refractivity contribution in [1.29, 1.82) is 0 Å². The minimum Gasteiger partial charge on any atom is -0.452 e. The third-order valence-electron chi connectivity index (χ3n) is 7.69. The molecule has 5 aromatic carbocycles. The van der Waals surface area contributed by atoms with Crippen molar-refractivity contribution in [3.8, 4) is 56.3 Å². The Labute approximate surface area is 249 Å². The summed E-state index contributed by atoms with van der Waals surface area (Å²) in [5.74, 6) is 0.663. The molecule has 3 aromatic heterocycles. The fraction of sp³-hybridized carbons (Fsp3) is 0. The minimum atomic E-state index is 0.663. The molecule has 3 heterocycles. The van der Waals surface area contributed by atoms with Crippen LogP contribution in [0.3, 0.4) is 0 Å². The van der Waals surface area contributed by atoms with Crippen molar-refractivity contribution < 1.29 is 4.42 Å². The zero-order chi connectivity index (χ0) is 28.6. The van der Waals surface area contributed by atoms with Crippen LogP contribution in [0.5, 0.6) is 0 Å². The molecule has 0 N–H and O–H groups in total. The van der Waals surface area contributed by atoms with E-state index in [0.717, 1.165) is 66.9 Å². The molecule has 0 saturated carbocycles. The lowest BCUT2D eigenvalue weighted by Crippen LogP contribution is -1.95. The summed E-state index contributed by atoms with van der Waals surface area (Å²) in [6.45, 7) is 0. The molecule has 0 fully saturated rings. The van der Waals surface area contributed by atoms with Crippen molar-refractivity contribution in [3.63, 3.8) is 0 Å². The Balaban J connectivity index is 1.33. The van der Waals surface area contributed by atoms with Gasteiger partial charge in [-0.25, -0.2) is 15.0 Å². The van der Waals surface area contributed by atoms with E-state index < -0.39 is 0 Å². The van der Waals surface area contributed by atoms with Gasteiger partial charge in [-0.1, -0.05) is 121 Å². The molecule has 4 nitrogen and oxygen atoms in total. The van der Waals surface area contributed by atoms with Crippen LogP contribution in [-0.4, -0.2) is 15.0 Å². The van der Waals surface area contributed by atoms with E-state index in [9.17, 15) is 0 Å². The van der Waals surface area contributed by atoms with Crippen LogP contribution in [-0.2, 0) is 0 Å². The van der Waals surface area contributed by atoms with Gasteiger partial charge in [0, 0.05) is 27.6 Å². The van der Waals surface area contributed by atoms with Crippen LogP contribution in [0.4, 0.5) is 0 Å². The van der Waals surface area contributed by atoms with Gasteiger partial charge in [0.2, 0.25) is 0 Å². The SMILES string of the molecule is c1ccc(-c2cc(-c3ccccc3)nc(-c3cccc(-c4nc(-c5ccccc5)nc5c4oc4ccccc45)c3)c2)cc1. The first-order valence-corrected chi connectivity index (χ1v) is 14.3. The number of hydrogen-bond acceptors (Lipinski definition) is 4. The highest BCUT2D eigenvalue weighted by molar-refractivity contribution is 6.07. The smallest absolute Gasteiger partial charge is 0.180 e. The first kappa shape index (κ1) is 24.9. The third kappa shape index (κ3) is 4.65. The number of rotatable bonds is 5. The summed E-state index contributed by atoms with van der Waals surface area (Å²) in [5, 5.41) is 0.971. The van der Waals surface area contributed by atoms with Crippen LogP contribution < -0.4 is 0 Å². The number of aromatic nitrogens is 3. The number of pyridine rings is 1. The Morgan fingerprint density at radius 3 is 1.72 bits per heavy atom. The van der Waals surface area contributed by atoms with E-state index in [0.29, 0.717) is 11.4 Å². The predicted octanol–water partition coefficient (Wildman–Crippen LogP) is 10.1. The Morgan fingerprint density at radius 1 is 0.395 bits per heavy atom. The van der Waals surface area contributed by atoms with Gasteiger partial charge in [0.25, 0.3) is 0 Å². The van der Waals surface area contributed by atoms with Gasteiger partial charge in [-0.2, -0.15) is 0 Å². The fourth-order valence-electron chi connectivity index (χ4n) is 5.56. The monoisotopic (exact) mass is 551 g/mol. The number of fused-ring (bicyclic) bond motifs is 3. The standard InChI is InChI=1S/C39H25N3O/c1-4-13-26(14-5-1)31-24-33(27-15-6-2-7-16-27)40-34(25-31)29-19-12-20-30(23-29)36-38-37(32-21-10-11-22-35(32)43-38)42-39(41-36)28-17-8-3-9-18-28/h1-25H. The number of benzene rings is 5. The molecule has 202 valence electrons. The van der Waals surface area contributed by atoms with Gasteiger partial charge >= 0.3 is 0 Å². The van der Waals surface area contributed by atoms with Gasteiger partial charge in [0.1, 0.15) is 16.8 Å². The normalized spacial score (nSPS) is 11.3. The van der Waals surface area contributed by atoms with Gasteiger partial charge < -0.3 is 4.42 Å². The van der Waals surface area contributed by atoms with E-state index in [1.54, 1.807) is 0 Å². The molecular weight excluding hydrogens is 526 g/mol. The topological polar surface area (TPSA) is 51.8 Å². The average molecular weight is 552 g/mol. The van der Waals surface area contributed by atoms with Crippen LogP contribution in [0.2, 0.25) is 0 Å². The summed E-state index contributed by atoms with van der Waals surface area (Å²) in [7, 11) is 0. The van der Waals surface area contributed by atoms with E-state index >= 15 is 0 Å². The van der Waals surface area contributed by atoms with Crippen LogP contribution >= 0.6 is 0 Å². The molecule has 0 radical (unpaired) electrons. The molecule has 43 heavy (non-hydrogen) atoms. The van der Waals surface area contributed by atoms with E-state index in [4.69, 9.17) is 19.4 Å². The summed E-state index contributed by atoms with van der Waals surface area (Å²) in [5.41, 5.74) is 11.1. The summed E-state index contributed by atoms with van der Waals surface area (Å²) >= 11 is 0. The second-order valence-corrected chi connectivity index (χ2v) is 10.5. The molecule has 0 saturated heterocycles. The molecule has 8 aromatic rings. The van der Waals surface area contributed by atoms with Gasteiger partial charge in [0.05, 0.1) is 11.4 Å². The maximum absolute atomic E-state index is 6.39. The molecule has 0 amide bonds. The van der Waals surface area contributed by atoms with Crippen LogP contribution in [0.15, 0.2) is 156 Å². The zero-order valence-corrected chi connectivity index (χ0v) is 23.2. The summed E-state index contributed by atoms with van der Waals surface area (Å²) < 4.78 is 6.39. The van der Waals surface area contributed by atoms with Crippen molar-refractivity contribution in [2.24, 2.45) is 0 Å². The van der Waals surface area contributed by atoms with Crippen molar-refractivity contribution in [3.05, 3.63) is 152 Å². The predicted molar refractivity (Wildman–Crippen MR) is 174 cm³/mol. The van der Waals surface area contributed by atoms with Gasteiger partial charge in [0.15, 0.2) is 11.4 Å². The minimum absolute atomic E-state index is 0.663. The molecule has 0 unspecified atom stereocenters. The number of para-hydroxylation sites is 1. The van der Waals surface area contributed by atoms with Crippen LogP contribution in [0, 0.1) is 0 Å². The third-order valence-corrected chi connectivity index (χ3v) is 7.69. The lowest BCUT2D eigenvalue weighted by molar-refractivity contribution is 0.667. The molecule has 8 rings (SSSR count). The maximum Gasteiger partial charge on any atom is 0.180 e. The van der Waals surface area contributed by atoms with Crippen molar-refractivity contribution in [1.82, 2.24) is 15.0 Å². The molecule has 0 aliphatic rings. The lowest BCUT2D eigenvalue weighted by atomic mass is 9.98. The van der Waals surface area contributed by atoms with Crippen molar-refractivity contribution >= 4 is 22.1 Å². The first-order chi connectivity index (χ1) is 21.3. The molecule has 0 atom stereocenters. The van der Waals surface area contributed by atoms with Crippen molar-refractivity contribution in [2.45, 2.75) is 0 Å². The van der Waals surface area contributed by atoms with E-state index in [-0.39, 0.29) is 0 Å².